The minimum atomic E-state index is -0.513. The summed E-state index contributed by atoms with van der Waals surface area (Å²) in [5.74, 6) is -0.572. The van der Waals surface area contributed by atoms with Crippen LogP contribution in [0.4, 0.5) is 5.69 Å². The van der Waals surface area contributed by atoms with Gasteiger partial charge >= 0.3 is 0 Å². The van der Waals surface area contributed by atoms with Crippen molar-refractivity contribution in [3.05, 3.63) is 109 Å². The van der Waals surface area contributed by atoms with Crippen molar-refractivity contribution in [2.24, 2.45) is 0 Å². The fourth-order valence-electron chi connectivity index (χ4n) is 4.43. The Bertz CT molecular complexity index is 1410. The molecule has 2 N–H and O–H groups in total. The molecule has 0 saturated heterocycles. The second-order valence-corrected chi connectivity index (χ2v) is 11.2. The van der Waals surface area contributed by atoms with Crippen molar-refractivity contribution in [1.29, 1.82) is 5.26 Å². The lowest BCUT2D eigenvalue weighted by Crippen LogP contribution is -2.30. The van der Waals surface area contributed by atoms with Gasteiger partial charge in [0.1, 0.15) is 0 Å². The molecule has 0 fully saturated rings. The number of unbranched alkanes of at least 4 members (excludes halogenated alkanes) is 1. The maximum absolute atomic E-state index is 13.6. The van der Waals surface area contributed by atoms with Crippen LogP contribution in [0.1, 0.15) is 59.0 Å². The highest BCUT2D eigenvalue weighted by Crippen LogP contribution is 2.42. The van der Waals surface area contributed by atoms with E-state index < -0.39 is 5.92 Å². The fraction of sp³-hybridized carbons (Fsp3) is 0.258. The number of rotatable bonds is 10. The first-order valence-electron chi connectivity index (χ1n) is 12.7. The van der Waals surface area contributed by atoms with E-state index in [4.69, 9.17) is 0 Å². The topological polar surface area (TPSA) is 82.0 Å². The summed E-state index contributed by atoms with van der Waals surface area (Å²) < 4.78 is 0. The lowest BCUT2D eigenvalue weighted by atomic mass is 9.86. The van der Waals surface area contributed by atoms with Gasteiger partial charge in [-0.15, -0.1) is 11.3 Å². The number of hydrogen-bond donors (Lipinski definition) is 2. The number of thioether (sulfide) groups is 1. The van der Waals surface area contributed by atoms with Crippen molar-refractivity contribution in [1.82, 2.24) is 5.32 Å². The first kappa shape index (κ1) is 27.4. The van der Waals surface area contributed by atoms with Crippen LogP contribution >= 0.6 is 23.1 Å². The number of benzene rings is 2. The summed E-state index contributed by atoms with van der Waals surface area (Å²) in [6, 6.07) is 21.6. The molecule has 2 aromatic carbocycles. The van der Waals surface area contributed by atoms with Crippen molar-refractivity contribution >= 4 is 40.5 Å². The molecule has 0 aliphatic carbocycles. The summed E-state index contributed by atoms with van der Waals surface area (Å²) in [5.41, 5.74) is 5.20. The van der Waals surface area contributed by atoms with Crippen LogP contribution in [0.2, 0.25) is 0 Å². The number of allylic oxidation sites excluding steroid dienone is 2. The molecule has 1 aliphatic heterocycles. The van der Waals surface area contributed by atoms with Gasteiger partial charge in [-0.3, -0.25) is 9.59 Å². The van der Waals surface area contributed by atoms with Crippen LogP contribution in [0, 0.1) is 18.3 Å². The van der Waals surface area contributed by atoms with Gasteiger partial charge in [-0.05, 0) is 55.3 Å². The minimum absolute atomic E-state index is 0.000954. The zero-order valence-electron chi connectivity index (χ0n) is 21.8. The van der Waals surface area contributed by atoms with Gasteiger partial charge in [-0.2, -0.15) is 5.26 Å². The standard InChI is InChI=1S/C31H31N3O2S2/c1-4-5-10-22-13-15-23(16-14-22)26(35)19-38-31-24(18-32)29(27-12-8-17-37-27)28(21(3)33-31)30(36)34-25-11-7-6-9-20(25)2/h6-9,11-17,29,33H,4-5,10,19H2,1-3H3,(H,34,36). The van der Waals surface area contributed by atoms with Crippen LogP contribution in [-0.2, 0) is 11.2 Å². The largest absolute Gasteiger partial charge is 0.353 e. The van der Waals surface area contributed by atoms with Crippen molar-refractivity contribution in [3.63, 3.8) is 0 Å². The number of nitrogens with zero attached hydrogens (tertiary/aromatic N) is 1. The van der Waals surface area contributed by atoms with Gasteiger partial charge in [-0.1, -0.05) is 73.6 Å². The summed E-state index contributed by atoms with van der Waals surface area (Å²) in [5, 5.41) is 19.1. The number of amides is 1. The van der Waals surface area contributed by atoms with E-state index in [1.165, 1.54) is 28.7 Å². The highest BCUT2D eigenvalue weighted by molar-refractivity contribution is 8.03. The Morgan fingerprint density at radius 2 is 1.84 bits per heavy atom. The molecular weight excluding hydrogens is 510 g/mol. The Morgan fingerprint density at radius 3 is 2.50 bits per heavy atom. The van der Waals surface area contributed by atoms with E-state index in [2.05, 4.69) is 23.6 Å². The van der Waals surface area contributed by atoms with Crippen LogP contribution in [-0.4, -0.2) is 17.4 Å². The number of carbonyl (C=O) groups excluding carboxylic acids is 2. The van der Waals surface area contributed by atoms with Crippen LogP contribution in [0.5, 0.6) is 0 Å². The van der Waals surface area contributed by atoms with Gasteiger partial charge in [0.25, 0.3) is 5.91 Å². The number of ketones is 1. The Morgan fingerprint density at radius 1 is 1.08 bits per heavy atom. The van der Waals surface area contributed by atoms with Gasteiger partial charge < -0.3 is 10.6 Å². The molecule has 0 bridgehead atoms. The predicted octanol–water partition coefficient (Wildman–Crippen LogP) is 7.35. The average molecular weight is 542 g/mol. The first-order chi connectivity index (χ1) is 18.4. The number of anilines is 1. The molecule has 3 aromatic rings. The second-order valence-electron chi connectivity index (χ2n) is 9.25. The van der Waals surface area contributed by atoms with Gasteiger partial charge in [0.05, 0.1) is 28.3 Å². The first-order valence-corrected chi connectivity index (χ1v) is 14.6. The molecule has 0 saturated carbocycles. The lowest BCUT2D eigenvalue weighted by Gasteiger charge is -2.29. The van der Waals surface area contributed by atoms with Crippen LogP contribution < -0.4 is 10.6 Å². The molecule has 1 atom stereocenters. The summed E-state index contributed by atoms with van der Waals surface area (Å²) in [4.78, 5) is 27.4. The van der Waals surface area contributed by atoms with Crippen LogP contribution in [0.25, 0.3) is 0 Å². The molecule has 1 aromatic heterocycles. The molecule has 7 heteroatoms. The average Bonchev–Trinajstić information content (AvgIpc) is 3.46. The molecule has 0 spiro atoms. The SMILES string of the molecule is CCCCc1ccc(C(=O)CSC2=C(C#N)C(c3cccs3)C(C(=O)Nc3ccccc3C)=C(C)N2)cc1. The van der Waals surface area contributed by atoms with Gasteiger partial charge in [0, 0.05) is 27.4 Å². The molecule has 0 radical (unpaired) electrons. The number of para-hydroxylation sites is 1. The molecular formula is C31H31N3O2S2. The molecule has 194 valence electrons. The summed E-state index contributed by atoms with van der Waals surface area (Å²) in [6.07, 6.45) is 3.27. The molecule has 1 unspecified atom stereocenters. The Balaban J connectivity index is 1.57. The van der Waals surface area contributed by atoms with E-state index in [1.807, 2.05) is 79.9 Å². The lowest BCUT2D eigenvalue weighted by molar-refractivity contribution is -0.113. The van der Waals surface area contributed by atoms with Gasteiger partial charge in [0.2, 0.25) is 0 Å². The molecule has 1 aliphatic rings. The van der Waals surface area contributed by atoms with E-state index in [1.54, 1.807) is 0 Å². The van der Waals surface area contributed by atoms with E-state index in [0.717, 1.165) is 35.4 Å². The Labute approximate surface area is 232 Å². The van der Waals surface area contributed by atoms with Crippen LogP contribution in [0.3, 0.4) is 0 Å². The summed E-state index contributed by atoms with van der Waals surface area (Å²) in [7, 11) is 0. The van der Waals surface area contributed by atoms with Crippen molar-refractivity contribution in [2.75, 3.05) is 11.1 Å². The number of thiophene rings is 1. The highest BCUT2D eigenvalue weighted by Gasteiger charge is 2.35. The van der Waals surface area contributed by atoms with E-state index in [-0.39, 0.29) is 17.4 Å². The molecule has 5 nitrogen and oxygen atoms in total. The monoisotopic (exact) mass is 541 g/mol. The summed E-state index contributed by atoms with van der Waals surface area (Å²) >= 11 is 2.82. The zero-order valence-corrected chi connectivity index (χ0v) is 23.5. The molecule has 38 heavy (non-hydrogen) atoms. The number of hydrogen-bond acceptors (Lipinski definition) is 6. The zero-order chi connectivity index (χ0) is 27.1. The van der Waals surface area contributed by atoms with Crippen molar-refractivity contribution in [3.8, 4) is 6.07 Å². The van der Waals surface area contributed by atoms with Crippen molar-refractivity contribution in [2.45, 2.75) is 46.0 Å². The second kappa shape index (κ2) is 12.8. The number of nitriles is 1. The number of dihydropyridines is 1. The normalized spacial score (nSPS) is 15.2. The fourth-order valence-corrected chi connectivity index (χ4v) is 6.26. The van der Waals surface area contributed by atoms with E-state index in [0.29, 0.717) is 27.4 Å². The van der Waals surface area contributed by atoms with Crippen molar-refractivity contribution < 1.29 is 9.59 Å². The third-order valence-corrected chi connectivity index (χ3v) is 8.51. The third-order valence-electron chi connectivity index (χ3n) is 6.56. The number of aryl methyl sites for hydroxylation is 2. The van der Waals surface area contributed by atoms with Crippen LogP contribution in [0.15, 0.2) is 87.9 Å². The summed E-state index contributed by atoms with van der Waals surface area (Å²) in [6.45, 7) is 5.95. The minimum Gasteiger partial charge on any atom is -0.353 e. The Hall–Kier alpha value is -3.60. The van der Waals surface area contributed by atoms with Gasteiger partial charge in [-0.25, -0.2) is 0 Å². The molecule has 2 heterocycles. The highest BCUT2D eigenvalue weighted by atomic mass is 32.2. The number of Topliss-reactive ketones (excluding diaryl/α,β-unsaturated/α-hetero) is 1. The molecule has 1 amide bonds. The predicted molar refractivity (Wildman–Crippen MR) is 157 cm³/mol. The Kier molecular flexibility index (Phi) is 9.22. The van der Waals surface area contributed by atoms with E-state index >= 15 is 0 Å². The quantitative estimate of drug-likeness (QED) is 0.262. The van der Waals surface area contributed by atoms with E-state index in [9.17, 15) is 14.9 Å². The third kappa shape index (κ3) is 6.27. The number of nitrogens with one attached hydrogen (secondary N) is 2. The maximum Gasteiger partial charge on any atom is 0.254 e. The van der Waals surface area contributed by atoms with Gasteiger partial charge in [0.15, 0.2) is 5.78 Å². The number of carbonyl (C=O) groups is 2. The molecule has 4 rings (SSSR count). The smallest absolute Gasteiger partial charge is 0.254 e. The maximum atomic E-state index is 13.6.